The third-order valence-corrected chi connectivity index (χ3v) is 4.02. The monoisotopic (exact) mass is 355 g/mol. The molecule has 6 heteroatoms. The van der Waals surface area contributed by atoms with E-state index in [2.05, 4.69) is 5.32 Å². The zero-order valence-corrected chi connectivity index (χ0v) is 14.9. The Morgan fingerprint density at radius 2 is 1.54 bits per heavy atom. The normalized spacial score (nSPS) is 12.6. The number of ether oxygens (including phenoxy) is 2. The third-order valence-electron chi connectivity index (χ3n) is 4.02. The Balaban J connectivity index is 2.41. The molecule has 136 valence electrons. The zero-order chi connectivity index (χ0) is 19.1. The number of carbonyl (C=O) groups excluding carboxylic acids is 3. The van der Waals surface area contributed by atoms with Crippen LogP contribution in [0.3, 0.4) is 0 Å². The highest BCUT2D eigenvalue weighted by molar-refractivity contribution is 6.00. The molecule has 2 unspecified atom stereocenters. The average molecular weight is 355 g/mol. The Kier molecular flexibility index (Phi) is 6.49. The van der Waals surface area contributed by atoms with E-state index in [1.165, 1.54) is 21.1 Å². The molecule has 2 atom stereocenters. The first-order valence-electron chi connectivity index (χ1n) is 8.06. The number of methoxy groups -OCH3 is 2. The average Bonchev–Trinajstić information content (AvgIpc) is 2.67. The van der Waals surface area contributed by atoms with E-state index in [4.69, 9.17) is 9.47 Å². The fourth-order valence-corrected chi connectivity index (χ4v) is 2.65. The molecule has 0 aromatic heterocycles. The SMILES string of the molecule is COC(=O)C(C(C)=O)C(NC(=O)c1ccccc1)c1ccc(OC)cc1. The van der Waals surface area contributed by atoms with Crippen LogP contribution >= 0.6 is 0 Å². The first-order chi connectivity index (χ1) is 12.5. The first kappa shape index (κ1) is 19.2. The summed E-state index contributed by atoms with van der Waals surface area (Å²) in [6.45, 7) is 1.30. The van der Waals surface area contributed by atoms with E-state index >= 15 is 0 Å². The second-order valence-corrected chi connectivity index (χ2v) is 5.70. The zero-order valence-electron chi connectivity index (χ0n) is 14.9. The van der Waals surface area contributed by atoms with E-state index in [1.54, 1.807) is 54.6 Å². The maximum atomic E-state index is 12.6. The number of carbonyl (C=O) groups is 3. The molecule has 26 heavy (non-hydrogen) atoms. The molecule has 0 fully saturated rings. The van der Waals surface area contributed by atoms with Gasteiger partial charge in [0.15, 0.2) is 0 Å². The van der Waals surface area contributed by atoms with Crippen molar-refractivity contribution < 1.29 is 23.9 Å². The lowest BCUT2D eigenvalue weighted by molar-refractivity contribution is -0.150. The molecular formula is C20H21NO5. The summed E-state index contributed by atoms with van der Waals surface area (Å²) in [5, 5.41) is 2.78. The van der Waals surface area contributed by atoms with Gasteiger partial charge in [-0.15, -0.1) is 0 Å². The number of amides is 1. The van der Waals surface area contributed by atoms with Crippen LogP contribution in [-0.4, -0.2) is 31.9 Å². The minimum atomic E-state index is -1.15. The molecule has 0 aliphatic carbocycles. The van der Waals surface area contributed by atoms with Crippen LogP contribution in [0.25, 0.3) is 0 Å². The molecule has 0 aliphatic rings. The van der Waals surface area contributed by atoms with Crippen molar-refractivity contribution in [2.45, 2.75) is 13.0 Å². The fourth-order valence-electron chi connectivity index (χ4n) is 2.65. The Labute approximate surface area is 152 Å². The molecule has 6 nitrogen and oxygen atoms in total. The smallest absolute Gasteiger partial charge is 0.318 e. The fraction of sp³-hybridized carbons (Fsp3) is 0.250. The number of esters is 1. The maximum absolute atomic E-state index is 12.6. The van der Waals surface area contributed by atoms with E-state index in [-0.39, 0.29) is 5.91 Å². The number of Topliss-reactive ketones (excluding diaryl/α,β-unsaturated/α-hetero) is 1. The van der Waals surface area contributed by atoms with Crippen molar-refractivity contribution in [1.82, 2.24) is 5.32 Å². The van der Waals surface area contributed by atoms with E-state index in [9.17, 15) is 14.4 Å². The van der Waals surface area contributed by atoms with Crippen LogP contribution in [0.1, 0.15) is 28.9 Å². The van der Waals surface area contributed by atoms with Crippen molar-refractivity contribution in [2.75, 3.05) is 14.2 Å². The standard InChI is InChI=1S/C20H21NO5/c1-13(22)17(20(24)26-3)18(14-9-11-16(25-2)12-10-14)21-19(23)15-7-5-4-6-8-15/h4-12,17-18H,1-3H3,(H,21,23). The summed E-state index contributed by atoms with van der Waals surface area (Å²) in [6, 6.07) is 14.5. The van der Waals surface area contributed by atoms with E-state index in [0.29, 0.717) is 16.9 Å². The first-order valence-corrected chi connectivity index (χ1v) is 8.06. The van der Waals surface area contributed by atoms with Crippen molar-refractivity contribution >= 4 is 17.7 Å². The summed E-state index contributed by atoms with van der Waals surface area (Å²) in [6.07, 6.45) is 0. The molecule has 1 N–H and O–H groups in total. The van der Waals surface area contributed by atoms with Gasteiger partial charge in [0.2, 0.25) is 0 Å². The van der Waals surface area contributed by atoms with Gasteiger partial charge in [-0.25, -0.2) is 0 Å². The van der Waals surface area contributed by atoms with Crippen molar-refractivity contribution in [3.05, 3.63) is 65.7 Å². The highest BCUT2D eigenvalue weighted by Gasteiger charge is 2.35. The van der Waals surface area contributed by atoms with Gasteiger partial charge in [-0.05, 0) is 36.8 Å². The molecule has 0 spiro atoms. The summed E-state index contributed by atoms with van der Waals surface area (Å²) in [5.41, 5.74) is 1.03. The number of benzene rings is 2. The lowest BCUT2D eigenvalue weighted by Crippen LogP contribution is -2.40. The Hall–Kier alpha value is -3.15. The number of rotatable bonds is 7. The third kappa shape index (κ3) is 4.47. The largest absolute Gasteiger partial charge is 0.497 e. The Bertz CT molecular complexity index is 771. The summed E-state index contributed by atoms with van der Waals surface area (Å²) >= 11 is 0. The van der Waals surface area contributed by atoms with Crippen molar-refractivity contribution in [3.63, 3.8) is 0 Å². The van der Waals surface area contributed by atoms with Gasteiger partial charge in [-0.2, -0.15) is 0 Å². The van der Waals surface area contributed by atoms with Crippen LogP contribution < -0.4 is 10.1 Å². The van der Waals surface area contributed by atoms with Gasteiger partial charge in [-0.3, -0.25) is 14.4 Å². The lowest BCUT2D eigenvalue weighted by atomic mass is 9.89. The van der Waals surface area contributed by atoms with Crippen LogP contribution in [0.2, 0.25) is 0 Å². The van der Waals surface area contributed by atoms with Crippen molar-refractivity contribution in [1.29, 1.82) is 0 Å². The molecule has 0 aliphatic heterocycles. The molecule has 2 rings (SSSR count). The minimum Gasteiger partial charge on any atom is -0.497 e. The second kappa shape index (κ2) is 8.80. The predicted molar refractivity (Wildman–Crippen MR) is 95.8 cm³/mol. The van der Waals surface area contributed by atoms with Crippen LogP contribution in [0, 0.1) is 5.92 Å². The van der Waals surface area contributed by atoms with Gasteiger partial charge < -0.3 is 14.8 Å². The molecule has 2 aromatic carbocycles. The van der Waals surface area contributed by atoms with Crippen molar-refractivity contribution in [3.8, 4) is 5.75 Å². The number of nitrogens with one attached hydrogen (secondary N) is 1. The second-order valence-electron chi connectivity index (χ2n) is 5.70. The van der Waals surface area contributed by atoms with Gasteiger partial charge in [0.05, 0.1) is 20.3 Å². The summed E-state index contributed by atoms with van der Waals surface area (Å²) < 4.78 is 9.90. The predicted octanol–water partition coefficient (Wildman–Crippen LogP) is 2.54. The van der Waals surface area contributed by atoms with Crippen LogP contribution in [0.15, 0.2) is 54.6 Å². The lowest BCUT2D eigenvalue weighted by Gasteiger charge is -2.25. The molecule has 0 heterocycles. The van der Waals surface area contributed by atoms with E-state index in [0.717, 1.165) is 0 Å². The molecule has 0 bridgehead atoms. The van der Waals surface area contributed by atoms with Gasteiger partial charge in [-0.1, -0.05) is 30.3 Å². The number of hydrogen-bond acceptors (Lipinski definition) is 5. The van der Waals surface area contributed by atoms with Gasteiger partial charge >= 0.3 is 5.97 Å². The number of hydrogen-bond donors (Lipinski definition) is 1. The maximum Gasteiger partial charge on any atom is 0.318 e. The van der Waals surface area contributed by atoms with Gasteiger partial charge in [0, 0.05) is 5.56 Å². The highest BCUT2D eigenvalue weighted by atomic mass is 16.5. The topological polar surface area (TPSA) is 81.7 Å². The molecule has 0 saturated heterocycles. The highest BCUT2D eigenvalue weighted by Crippen LogP contribution is 2.26. The Morgan fingerprint density at radius 1 is 0.923 bits per heavy atom. The minimum absolute atomic E-state index is 0.387. The quantitative estimate of drug-likeness (QED) is 0.610. The summed E-state index contributed by atoms with van der Waals surface area (Å²) in [7, 11) is 2.75. The summed E-state index contributed by atoms with van der Waals surface area (Å²) in [4.78, 5) is 36.9. The molecular weight excluding hydrogens is 334 g/mol. The van der Waals surface area contributed by atoms with Gasteiger partial charge in [0.1, 0.15) is 17.5 Å². The summed E-state index contributed by atoms with van der Waals surface area (Å²) in [5.74, 6) is -2.01. The van der Waals surface area contributed by atoms with Crippen molar-refractivity contribution in [2.24, 2.45) is 5.92 Å². The Morgan fingerprint density at radius 3 is 2.04 bits per heavy atom. The molecule has 1 amide bonds. The molecule has 0 radical (unpaired) electrons. The number of ketones is 1. The van der Waals surface area contributed by atoms with Gasteiger partial charge in [0.25, 0.3) is 5.91 Å². The van der Waals surface area contributed by atoms with E-state index in [1.807, 2.05) is 0 Å². The van der Waals surface area contributed by atoms with Crippen LogP contribution in [-0.2, 0) is 14.3 Å². The molecule has 2 aromatic rings. The van der Waals surface area contributed by atoms with E-state index < -0.39 is 23.7 Å². The van der Waals surface area contributed by atoms with Crippen LogP contribution in [0.4, 0.5) is 0 Å². The van der Waals surface area contributed by atoms with Crippen LogP contribution in [0.5, 0.6) is 5.75 Å². The molecule has 0 saturated carbocycles.